The number of phosphoric acid groups is 1. The first-order valence-corrected chi connectivity index (χ1v) is 25.3. The molecule has 0 bridgehead atoms. The van der Waals surface area contributed by atoms with Gasteiger partial charge in [0.15, 0.2) is 0 Å². The van der Waals surface area contributed by atoms with Crippen LogP contribution in [-0.4, -0.2) is 108 Å². The molecule has 13 nitrogen and oxygen atoms in total. The Morgan fingerprint density at radius 3 is 1.55 bits per heavy atom. The maximum absolute atomic E-state index is 13.0. The summed E-state index contributed by atoms with van der Waals surface area (Å²) in [7, 11) is -5.16. The molecule has 0 saturated heterocycles. The monoisotopic (exact) mass is 900 g/mol. The van der Waals surface area contributed by atoms with Gasteiger partial charge in [-0.05, 0) is 70.6 Å². The highest BCUT2D eigenvalue weighted by atomic mass is 31.2. The Balaban J connectivity index is 2.60. The molecule has 1 amide bonds. The van der Waals surface area contributed by atoms with E-state index in [1.807, 2.05) is 0 Å². The van der Waals surface area contributed by atoms with E-state index in [2.05, 4.69) is 67.8 Å². The van der Waals surface area contributed by atoms with E-state index in [4.69, 9.17) is 9.05 Å². The van der Waals surface area contributed by atoms with Crippen molar-refractivity contribution in [3.05, 3.63) is 60.8 Å². The summed E-state index contributed by atoms with van der Waals surface area (Å²) >= 11 is 0. The van der Waals surface area contributed by atoms with Gasteiger partial charge in [-0.2, -0.15) is 0 Å². The Morgan fingerprint density at radius 1 is 0.581 bits per heavy atom. The lowest BCUT2D eigenvalue weighted by molar-refractivity contribution is -0.220. The third kappa shape index (κ3) is 28.7. The number of nitrogens with one attached hydrogen (secondary N) is 1. The fourth-order valence-corrected chi connectivity index (χ4v) is 8.11. The molecule has 0 heterocycles. The fraction of sp³-hybridized carbons (Fsp3) is 0.771. The molecule has 1 rings (SSSR count). The van der Waals surface area contributed by atoms with Crippen LogP contribution in [-0.2, 0) is 18.4 Å². The van der Waals surface area contributed by atoms with Crippen molar-refractivity contribution in [1.29, 1.82) is 0 Å². The minimum absolute atomic E-state index is 0.272. The largest absolute Gasteiger partial charge is 0.472 e. The number of hydrogen-bond acceptors (Lipinski definition) is 11. The number of phosphoric ester groups is 1. The van der Waals surface area contributed by atoms with Gasteiger partial charge in [-0.3, -0.25) is 13.8 Å². The van der Waals surface area contributed by atoms with Gasteiger partial charge in [0.2, 0.25) is 5.91 Å². The number of amides is 1. The molecule has 0 aromatic rings. The maximum Gasteiger partial charge on any atom is 0.472 e. The smallest absolute Gasteiger partial charge is 0.393 e. The fourth-order valence-electron chi connectivity index (χ4n) is 7.14. The summed E-state index contributed by atoms with van der Waals surface area (Å²) in [5, 5.41) is 74.4. The summed E-state index contributed by atoms with van der Waals surface area (Å²) in [6, 6.07) is -1.27. The molecular weight excluding hydrogens is 813 g/mol. The molecule has 8 unspecified atom stereocenters. The quantitative estimate of drug-likeness (QED) is 0.0124. The Kier molecular flexibility index (Phi) is 34.9. The van der Waals surface area contributed by atoms with Crippen LogP contribution < -0.4 is 5.32 Å². The van der Waals surface area contributed by atoms with Crippen LogP contribution in [0.4, 0.5) is 0 Å². The van der Waals surface area contributed by atoms with Gasteiger partial charge in [-0.15, -0.1) is 0 Å². The van der Waals surface area contributed by atoms with Crippen LogP contribution in [0.1, 0.15) is 174 Å². The molecule has 0 aromatic carbocycles. The van der Waals surface area contributed by atoms with Crippen molar-refractivity contribution in [2.75, 3.05) is 6.61 Å². The lowest BCUT2D eigenvalue weighted by Crippen LogP contribution is -2.64. The molecule has 0 aliphatic heterocycles. The summed E-state index contributed by atoms with van der Waals surface area (Å²) in [5.74, 6) is -0.622. The average molecular weight is 900 g/mol. The van der Waals surface area contributed by atoms with E-state index in [-0.39, 0.29) is 6.42 Å². The Labute approximate surface area is 373 Å². The third-order valence-electron chi connectivity index (χ3n) is 11.1. The van der Waals surface area contributed by atoms with E-state index in [1.165, 1.54) is 83.1 Å². The summed E-state index contributed by atoms with van der Waals surface area (Å²) < 4.78 is 22.8. The van der Waals surface area contributed by atoms with E-state index in [9.17, 15) is 50.0 Å². The van der Waals surface area contributed by atoms with Gasteiger partial charge in [0.25, 0.3) is 0 Å². The highest BCUT2D eigenvalue weighted by Gasteiger charge is 2.51. The number of allylic oxidation sites excluding steroid dienone is 9. The Hall–Kier alpha value is -2.00. The molecule has 14 heteroatoms. The molecule has 1 aliphatic carbocycles. The second-order valence-electron chi connectivity index (χ2n) is 16.8. The number of carbonyl (C=O) groups excluding carboxylic acids is 1. The van der Waals surface area contributed by atoms with Crippen LogP contribution in [0.3, 0.4) is 0 Å². The van der Waals surface area contributed by atoms with Crippen molar-refractivity contribution in [2.45, 2.75) is 229 Å². The van der Waals surface area contributed by atoms with Gasteiger partial charge in [-0.1, -0.05) is 158 Å². The summed E-state index contributed by atoms with van der Waals surface area (Å²) in [4.78, 5) is 23.4. The zero-order valence-electron chi connectivity index (χ0n) is 38.0. The minimum atomic E-state index is -5.16. The molecule has 62 heavy (non-hydrogen) atoms. The molecule has 1 fully saturated rings. The first-order valence-electron chi connectivity index (χ1n) is 23.8. The molecule has 9 N–H and O–H groups in total. The summed E-state index contributed by atoms with van der Waals surface area (Å²) in [6.45, 7) is 3.68. The molecular formula is C48H86NO12P. The predicted octanol–water partition coefficient (Wildman–Crippen LogP) is 8.09. The number of hydrogen-bond donors (Lipinski definition) is 9. The molecule has 1 aliphatic rings. The second kappa shape index (κ2) is 37.2. The lowest BCUT2D eigenvalue weighted by Gasteiger charge is -2.41. The first kappa shape index (κ1) is 58.0. The van der Waals surface area contributed by atoms with E-state index in [0.717, 1.165) is 57.8 Å². The minimum Gasteiger partial charge on any atom is -0.393 e. The number of aliphatic hydroxyl groups excluding tert-OH is 7. The van der Waals surface area contributed by atoms with E-state index >= 15 is 0 Å². The van der Waals surface area contributed by atoms with E-state index < -0.39 is 75.2 Å². The maximum atomic E-state index is 13.0. The molecule has 0 aromatic heterocycles. The van der Waals surface area contributed by atoms with Gasteiger partial charge in [-0.25, -0.2) is 4.57 Å². The van der Waals surface area contributed by atoms with Crippen LogP contribution in [0.25, 0.3) is 0 Å². The van der Waals surface area contributed by atoms with E-state index in [1.54, 1.807) is 6.08 Å². The highest BCUT2D eigenvalue weighted by Crippen LogP contribution is 2.47. The standard InChI is InChI=1S/C48H86NO12P/c1-3-5-7-9-11-13-15-17-18-19-20-21-22-24-26-28-30-32-34-36-41(51)40(38-60-62(58,59)61-48-46(56)44(54)43(53)45(55)47(48)57)49-42(52)37-39(50)35-33-31-29-27-25-23-16-14-12-10-8-6-4-2/h12,14,16,20-21,23,26,28,34,36,39-41,43-48,50-51,53-57H,3-11,13,15,17-19,22,24-25,27,29-33,35,37-38H2,1-2H3,(H,49,52)(H,58,59)/b14-12-,21-20+,23-16-,28-26+,36-34+. The molecule has 1 saturated carbocycles. The van der Waals surface area contributed by atoms with Crippen LogP contribution >= 0.6 is 7.82 Å². The van der Waals surface area contributed by atoms with Crippen molar-refractivity contribution in [1.82, 2.24) is 5.32 Å². The topological polar surface area (TPSA) is 226 Å². The normalized spacial score (nSPS) is 23.6. The van der Waals surface area contributed by atoms with Crippen molar-refractivity contribution in [2.24, 2.45) is 0 Å². The van der Waals surface area contributed by atoms with Crippen molar-refractivity contribution in [3.63, 3.8) is 0 Å². The molecule has 8 atom stereocenters. The second-order valence-corrected chi connectivity index (χ2v) is 18.2. The van der Waals surface area contributed by atoms with Crippen LogP contribution in [0.2, 0.25) is 0 Å². The van der Waals surface area contributed by atoms with Crippen LogP contribution in [0.15, 0.2) is 60.8 Å². The Bertz CT molecular complexity index is 1290. The highest BCUT2D eigenvalue weighted by molar-refractivity contribution is 7.47. The van der Waals surface area contributed by atoms with Gasteiger partial charge in [0.1, 0.15) is 36.6 Å². The SMILES string of the molecule is CCCCC/C=C\C=C/CCCCCCC(O)CC(=O)NC(COP(=O)(O)OC1C(O)C(O)C(O)C(O)C1O)C(O)/C=C/CC/C=C/CC/C=C/CCCCCCCCCCC. The van der Waals surface area contributed by atoms with Crippen LogP contribution in [0.5, 0.6) is 0 Å². The van der Waals surface area contributed by atoms with Gasteiger partial charge in [0.05, 0.1) is 31.3 Å². The van der Waals surface area contributed by atoms with E-state index in [0.29, 0.717) is 19.3 Å². The zero-order chi connectivity index (χ0) is 45.9. The molecule has 0 radical (unpaired) electrons. The number of carbonyl (C=O) groups is 1. The Morgan fingerprint density at radius 2 is 1.00 bits per heavy atom. The number of rotatable bonds is 38. The average Bonchev–Trinajstić information content (AvgIpc) is 3.24. The van der Waals surface area contributed by atoms with Crippen molar-refractivity contribution >= 4 is 13.7 Å². The zero-order valence-corrected chi connectivity index (χ0v) is 38.9. The van der Waals surface area contributed by atoms with Gasteiger partial charge < -0.3 is 46.0 Å². The van der Waals surface area contributed by atoms with Crippen LogP contribution in [0, 0.1) is 0 Å². The first-order chi connectivity index (χ1) is 29.8. The van der Waals surface area contributed by atoms with Crippen molar-refractivity contribution in [3.8, 4) is 0 Å². The number of aliphatic hydroxyl groups is 7. The van der Waals surface area contributed by atoms with Gasteiger partial charge in [0, 0.05) is 0 Å². The van der Waals surface area contributed by atoms with Crippen molar-refractivity contribution < 1.29 is 59.0 Å². The molecule has 360 valence electrons. The predicted molar refractivity (Wildman–Crippen MR) is 247 cm³/mol. The molecule has 0 spiro atoms. The summed E-state index contributed by atoms with van der Waals surface area (Å²) in [5.41, 5.74) is 0. The summed E-state index contributed by atoms with van der Waals surface area (Å²) in [6.07, 6.45) is 31.7. The lowest BCUT2D eigenvalue weighted by atomic mass is 9.85. The number of unbranched alkanes of at least 4 members (excludes halogenated alkanes) is 18. The third-order valence-corrected chi connectivity index (χ3v) is 12.1. The van der Waals surface area contributed by atoms with Gasteiger partial charge >= 0.3 is 7.82 Å².